The highest BCUT2D eigenvalue weighted by molar-refractivity contribution is 8.00. The number of thioether (sulfide) groups is 2. The van der Waals surface area contributed by atoms with Crippen LogP contribution in [0.25, 0.3) is 0 Å². The van der Waals surface area contributed by atoms with Crippen molar-refractivity contribution < 1.29 is 9.59 Å². The van der Waals surface area contributed by atoms with E-state index in [-0.39, 0.29) is 23.0 Å². The van der Waals surface area contributed by atoms with Gasteiger partial charge in [-0.25, -0.2) is 4.98 Å². The molecule has 9 heteroatoms. The van der Waals surface area contributed by atoms with E-state index in [4.69, 9.17) is 5.73 Å². The summed E-state index contributed by atoms with van der Waals surface area (Å²) in [6, 6.07) is 8.66. The van der Waals surface area contributed by atoms with Crippen molar-refractivity contribution in [1.29, 1.82) is 0 Å². The van der Waals surface area contributed by atoms with Gasteiger partial charge >= 0.3 is 0 Å². The van der Waals surface area contributed by atoms with E-state index in [0.717, 1.165) is 11.3 Å². The number of anilines is 1. The minimum atomic E-state index is -0.423. The average molecular weight is 393 g/mol. The molecular weight excluding hydrogens is 372 g/mol. The summed E-state index contributed by atoms with van der Waals surface area (Å²) < 4.78 is 0. The van der Waals surface area contributed by atoms with E-state index < -0.39 is 5.91 Å². The Balaban J connectivity index is 1.97. The molecule has 26 heavy (non-hydrogen) atoms. The molecule has 4 N–H and O–H groups in total. The van der Waals surface area contributed by atoms with Gasteiger partial charge in [0, 0.05) is 16.7 Å². The fourth-order valence-electron chi connectivity index (χ4n) is 2.10. The number of benzene rings is 1. The molecule has 1 aromatic carbocycles. The summed E-state index contributed by atoms with van der Waals surface area (Å²) in [7, 11) is 0. The maximum absolute atomic E-state index is 12.2. The molecule has 138 valence electrons. The SMILES string of the molecule is CCCc1cc(=O)[nH]c(SCC(=O)Nc2ccccc2SCC(N)=O)n1. The van der Waals surface area contributed by atoms with Crippen LogP contribution in [0.5, 0.6) is 0 Å². The van der Waals surface area contributed by atoms with Crippen molar-refractivity contribution in [2.75, 3.05) is 16.8 Å². The third-order valence-corrected chi connectivity index (χ3v) is 5.12. The van der Waals surface area contributed by atoms with Crippen LogP contribution in [0.4, 0.5) is 5.69 Å². The molecule has 0 fully saturated rings. The Labute approximate surface area is 159 Å². The van der Waals surface area contributed by atoms with E-state index in [9.17, 15) is 14.4 Å². The Morgan fingerprint density at radius 3 is 2.73 bits per heavy atom. The first kappa shape index (κ1) is 20.1. The molecule has 0 atom stereocenters. The van der Waals surface area contributed by atoms with Crippen LogP contribution in [-0.2, 0) is 16.0 Å². The fourth-order valence-corrected chi connectivity index (χ4v) is 3.54. The van der Waals surface area contributed by atoms with E-state index in [1.165, 1.54) is 29.6 Å². The summed E-state index contributed by atoms with van der Waals surface area (Å²) >= 11 is 2.43. The van der Waals surface area contributed by atoms with Gasteiger partial charge in [-0.15, -0.1) is 11.8 Å². The third-order valence-electron chi connectivity index (χ3n) is 3.15. The van der Waals surface area contributed by atoms with Crippen LogP contribution in [0.3, 0.4) is 0 Å². The van der Waals surface area contributed by atoms with Crippen LogP contribution < -0.4 is 16.6 Å². The fraction of sp³-hybridized carbons (Fsp3) is 0.294. The van der Waals surface area contributed by atoms with Gasteiger partial charge in [0.1, 0.15) is 0 Å². The van der Waals surface area contributed by atoms with Crippen LogP contribution in [-0.4, -0.2) is 33.3 Å². The first-order valence-corrected chi connectivity index (χ1v) is 9.98. The summed E-state index contributed by atoms with van der Waals surface area (Å²) in [6.45, 7) is 2.01. The maximum Gasteiger partial charge on any atom is 0.251 e. The zero-order valence-corrected chi connectivity index (χ0v) is 15.9. The quantitative estimate of drug-likeness (QED) is 0.444. The number of para-hydroxylation sites is 1. The van der Waals surface area contributed by atoms with Crippen LogP contribution in [0.1, 0.15) is 19.0 Å². The molecule has 0 saturated carbocycles. The Hall–Kier alpha value is -2.26. The molecule has 0 spiro atoms. The summed E-state index contributed by atoms with van der Waals surface area (Å²) in [5.74, 6) is -0.413. The molecule has 7 nitrogen and oxygen atoms in total. The minimum Gasteiger partial charge on any atom is -0.369 e. The number of hydrogen-bond donors (Lipinski definition) is 3. The third kappa shape index (κ3) is 6.57. The Bertz CT molecular complexity index is 839. The average Bonchev–Trinajstić information content (AvgIpc) is 2.59. The second kappa shape index (κ2) is 10.0. The van der Waals surface area contributed by atoms with E-state index >= 15 is 0 Å². The van der Waals surface area contributed by atoms with Gasteiger partial charge in [0.05, 0.1) is 17.2 Å². The molecule has 2 amide bonds. The van der Waals surface area contributed by atoms with Crippen LogP contribution >= 0.6 is 23.5 Å². The van der Waals surface area contributed by atoms with E-state index in [1.807, 2.05) is 19.1 Å². The van der Waals surface area contributed by atoms with E-state index in [2.05, 4.69) is 15.3 Å². The standard InChI is InChI=1S/C17H20N4O3S2/c1-2-5-11-8-15(23)21-17(19-11)26-10-16(24)20-12-6-3-4-7-13(12)25-9-14(18)22/h3-4,6-8H,2,5,9-10H2,1H3,(H2,18,22)(H,20,24)(H,19,21,23). The van der Waals surface area contributed by atoms with Gasteiger partial charge in [-0.1, -0.05) is 37.2 Å². The van der Waals surface area contributed by atoms with Crippen molar-refractivity contribution in [3.63, 3.8) is 0 Å². The second-order valence-electron chi connectivity index (χ2n) is 5.38. The molecule has 0 unspecified atom stereocenters. The number of rotatable bonds is 9. The lowest BCUT2D eigenvalue weighted by atomic mass is 10.2. The molecule has 2 rings (SSSR count). The summed E-state index contributed by atoms with van der Waals surface area (Å²) in [4.78, 5) is 42.5. The number of nitrogens with two attached hydrogens (primary N) is 1. The van der Waals surface area contributed by atoms with Gasteiger partial charge < -0.3 is 16.0 Å². The predicted molar refractivity (Wildman–Crippen MR) is 105 cm³/mol. The number of aryl methyl sites for hydroxylation is 1. The number of H-pyrrole nitrogens is 1. The van der Waals surface area contributed by atoms with Gasteiger partial charge in [0.25, 0.3) is 5.56 Å². The van der Waals surface area contributed by atoms with Crippen molar-refractivity contribution in [3.05, 3.63) is 46.4 Å². The molecule has 0 aliphatic carbocycles. The number of carbonyl (C=O) groups is 2. The highest BCUT2D eigenvalue weighted by Gasteiger charge is 2.10. The van der Waals surface area contributed by atoms with Crippen molar-refractivity contribution >= 4 is 41.0 Å². The van der Waals surface area contributed by atoms with Gasteiger partial charge in [-0.2, -0.15) is 0 Å². The molecule has 0 aliphatic heterocycles. The summed E-state index contributed by atoms with van der Waals surface area (Å²) in [5, 5.41) is 3.23. The van der Waals surface area contributed by atoms with Crippen LogP contribution in [0, 0.1) is 0 Å². The first-order chi connectivity index (χ1) is 12.5. The number of aromatic amines is 1. The Morgan fingerprint density at radius 1 is 1.23 bits per heavy atom. The lowest BCUT2D eigenvalue weighted by molar-refractivity contribution is -0.115. The summed E-state index contributed by atoms with van der Waals surface area (Å²) in [5.41, 5.74) is 6.27. The number of aromatic nitrogens is 2. The molecule has 0 saturated heterocycles. The van der Waals surface area contributed by atoms with Crippen molar-refractivity contribution in [1.82, 2.24) is 9.97 Å². The van der Waals surface area contributed by atoms with Gasteiger partial charge in [0.2, 0.25) is 11.8 Å². The molecule has 0 aliphatic rings. The molecule has 0 bridgehead atoms. The number of hydrogen-bond acceptors (Lipinski definition) is 6. The summed E-state index contributed by atoms with van der Waals surface area (Å²) in [6.07, 6.45) is 1.61. The van der Waals surface area contributed by atoms with E-state index in [0.29, 0.717) is 23.0 Å². The lowest BCUT2D eigenvalue weighted by Crippen LogP contribution is -2.17. The molecule has 2 aromatic rings. The zero-order chi connectivity index (χ0) is 18.9. The van der Waals surface area contributed by atoms with Crippen molar-refractivity contribution in [3.8, 4) is 0 Å². The monoisotopic (exact) mass is 392 g/mol. The van der Waals surface area contributed by atoms with Gasteiger partial charge in [-0.05, 0) is 18.6 Å². The highest BCUT2D eigenvalue weighted by atomic mass is 32.2. The second-order valence-corrected chi connectivity index (χ2v) is 7.36. The Kier molecular flexibility index (Phi) is 7.73. The largest absolute Gasteiger partial charge is 0.369 e. The van der Waals surface area contributed by atoms with E-state index in [1.54, 1.807) is 12.1 Å². The number of amides is 2. The first-order valence-electron chi connectivity index (χ1n) is 8.01. The van der Waals surface area contributed by atoms with Crippen molar-refractivity contribution in [2.45, 2.75) is 29.8 Å². The highest BCUT2D eigenvalue weighted by Crippen LogP contribution is 2.27. The van der Waals surface area contributed by atoms with Crippen LogP contribution in [0.2, 0.25) is 0 Å². The number of nitrogens with one attached hydrogen (secondary N) is 2. The van der Waals surface area contributed by atoms with Gasteiger partial charge in [-0.3, -0.25) is 14.4 Å². The molecule has 1 aromatic heterocycles. The molecular formula is C17H20N4O3S2. The van der Waals surface area contributed by atoms with Crippen LogP contribution in [0.15, 0.2) is 45.2 Å². The topological polar surface area (TPSA) is 118 Å². The number of primary amides is 1. The Morgan fingerprint density at radius 2 is 2.00 bits per heavy atom. The maximum atomic E-state index is 12.2. The van der Waals surface area contributed by atoms with Gasteiger partial charge in [0.15, 0.2) is 5.16 Å². The molecule has 1 heterocycles. The number of nitrogens with zero attached hydrogens (tertiary/aromatic N) is 1. The molecule has 0 radical (unpaired) electrons. The predicted octanol–water partition coefficient (Wildman–Crippen LogP) is 2.03. The van der Waals surface area contributed by atoms with Crippen molar-refractivity contribution in [2.24, 2.45) is 5.73 Å². The number of carbonyl (C=O) groups excluding carboxylic acids is 2. The lowest BCUT2D eigenvalue weighted by Gasteiger charge is -2.10. The zero-order valence-electron chi connectivity index (χ0n) is 14.3. The smallest absolute Gasteiger partial charge is 0.251 e. The normalized spacial score (nSPS) is 10.5. The minimum absolute atomic E-state index is 0.105.